The van der Waals surface area contributed by atoms with Gasteiger partial charge < -0.3 is 10.1 Å². The molecule has 0 bridgehead atoms. The summed E-state index contributed by atoms with van der Waals surface area (Å²) in [7, 11) is 0. The molecule has 0 aliphatic carbocycles. The lowest BCUT2D eigenvalue weighted by Crippen LogP contribution is -2.39. The molecule has 0 unspecified atom stereocenters. The Labute approximate surface area is 170 Å². The Kier molecular flexibility index (Phi) is 7.56. The van der Waals surface area contributed by atoms with Crippen molar-refractivity contribution >= 4 is 28.8 Å². The van der Waals surface area contributed by atoms with Crippen LogP contribution in [0.5, 0.6) is 5.75 Å². The largest absolute Gasteiger partial charge is 0.484 e. The van der Waals surface area contributed by atoms with Gasteiger partial charge in [0.25, 0.3) is 5.91 Å². The van der Waals surface area contributed by atoms with E-state index in [2.05, 4.69) is 27.7 Å². The van der Waals surface area contributed by atoms with E-state index in [1.165, 1.54) is 30.6 Å². The van der Waals surface area contributed by atoms with Crippen molar-refractivity contribution in [1.82, 2.24) is 10.2 Å². The van der Waals surface area contributed by atoms with Gasteiger partial charge in [-0.2, -0.15) is 0 Å². The Morgan fingerprint density at radius 1 is 1.26 bits per heavy atom. The summed E-state index contributed by atoms with van der Waals surface area (Å²) in [4.78, 5) is 16.1. The Hall–Kier alpha value is -1.56. The van der Waals surface area contributed by atoms with E-state index in [0.717, 1.165) is 18.7 Å². The molecule has 2 heterocycles. The number of amides is 1. The zero-order chi connectivity index (χ0) is 19.1. The van der Waals surface area contributed by atoms with Gasteiger partial charge in [-0.25, -0.2) is 0 Å². The number of hydrogen-bond acceptors (Lipinski definition) is 4. The molecule has 1 aromatic heterocycles. The molecule has 0 saturated carbocycles. The molecule has 1 N–H and O–H groups in total. The van der Waals surface area contributed by atoms with Gasteiger partial charge in [-0.1, -0.05) is 30.5 Å². The molecule has 4 nitrogen and oxygen atoms in total. The third kappa shape index (κ3) is 5.96. The van der Waals surface area contributed by atoms with Crippen LogP contribution in [0, 0.1) is 6.92 Å². The second-order valence-electron chi connectivity index (χ2n) is 6.99. The molecule has 1 saturated heterocycles. The minimum atomic E-state index is -0.0982. The summed E-state index contributed by atoms with van der Waals surface area (Å²) in [5.74, 6) is 0.563. The SMILES string of the molecule is Cc1cc(OCC(=O)NC[C@@H](c2cccs2)N2CCCCCC2)ccc1Cl. The normalized spacial score (nSPS) is 16.5. The number of aryl methyl sites for hydroxylation is 1. The number of rotatable bonds is 7. The van der Waals surface area contributed by atoms with E-state index in [0.29, 0.717) is 17.3 Å². The van der Waals surface area contributed by atoms with Gasteiger partial charge in [-0.3, -0.25) is 9.69 Å². The fourth-order valence-electron chi connectivity index (χ4n) is 3.41. The Balaban J connectivity index is 1.54. The van der Waals surface area contributed by atoms with Gasteiger partial charge >= 0.3 is 0 Å². The molecule has 27 heavy (non-hydrogen) atoms. The van der Waals surface area contributed by atoms with Crippen molar-refractivity contribution in [3.8, 4) is 5.75 Å². The summed E-state index contributed by atoms with van der Waals surface area (Å²) in [6.45, 7) is 4.74. The summed E-state index contributed by atoms with van der Waals surface area (Å²) in [5.41, 5.74) is 0.938. The van der Waals surface area contributed by atoms with Crippen LogP contribution in [0.25, 0.3) is 0 Å². The number of carbonyl (C=O) groups excluding carboxylic acids is 1. The highest BCUT2D eigenvalue weighted by molar-refractivity contribution is 7.10. The topological polar surface area (TPSA) is 41.6 Å². The first-order valence-corrected chi connectivity index (χ1v) is 10.8. The van der Waals surface area contributed by atoms with Crippen molar-refractivity contribution < 1.29 is 9.53 Å². The molecule has 146 valence electrons. The van der Waals surface area contributed by atoms with Crippen LogP contribution >= 0.6 is 22.9 Å². The highest BCUT2D eigenvalue weighted by atomic mass is 35.5. The monoisotopic (exact) mass is 406 g/mol. The molecule has 0 spiro atoms. The number of thiophene rings is 1. The molecule has 1 aliphatic heterocycles. The van der Waals surface area contributed by atoms with E-state index in [1.54, 1.807) is 23.5 Å². The van der Waals surface area contributed by atoms with Crippen molar-refractivity contribution in [3.63, 3.8) is 0 Å². The molecule has 2 aromatic rings. The van der Waals surface area contributed by atoms with Crippen LogP contribution < -0.4 is 10.1 Å². The molecular weight excluding hydrogens is 380 g/mol. The molecular formula is C21H27ClN2O2S. The maximum atomic E-state index is 12.3. The fraction of sp³-hybridized carbons (Fsp3) is 0.476. The van der Waals surface area contributed by atoms with Gasteiger partial charge in [0.05, 0.1) is 6.04 Å². The molecule has 1 atom stereocenters. The quantitative estimate of drug-likeness (QED) is 0.716. The number of hydrogen-bond donors (Lipinski definition) is 1. The third-order valence-corrected chi connectivity index (χ3v) is 6.34. The zero-order valence-electron chi connectivity index (χ0n) is 15.7. The fourth-order valence-corrected chi connectivity index (χ4v) is 4.39. The first kappa shape index (κ1) is 20.2. The van der Waals surface area contributed by atoms with Crippen LogP contribution in [-0.2, 0) is 4.79 Å². The van der Waals surface area contributed by atoms with E-state index in [-0.39, 0.29) is 18.6 Å². The zero-order valence-corrected chi connectivity index (χ0v) is 17.3. The lowest BCUT2D eigenvalue weighted by Gasteiger charge is -2.30. The molecule has 1 aromatic carbocycles. The predicted octanol–water partition coefficient (Wildman–Crippen LogP) is 4.82. The first-order valence-electron chi connectivity index (χ1n) is 9.56. The Bertz CT molecular complexity index is 728. The number of benzene rings is 1. The Morgan fingerprint density at radius 3 is 2.70 bits per heavy atom. The van der Waals surface area contributed by atoms with Crippen LogP contribution in [-0.4, -0.2) is 37.0 Å². The van der Waals surface area contributed by atoms with Crippen LogP contribution in [0.4, 0.5) is 0 Å². The van der Waals surface area contributed by atoms with Crippen LogP contribution in [0.3, 0.4) is 0 Å². The minimum Gasteiger partial charge on any atom is -0.484 e. The van der Waals surface area contributed by atoms with Crippen LogP contribution in [0.15, 0.2) is 35.7 Å². The summed E-state index contributed by atoms with van der Waals surface area (Å²) >= 11 is 7.78. The lowest BCUT2D eigenvalue weighted by atomic mass is 10.2. The van der Waals surface area contributed by atoms with Crippen molar-refractivity contribution in [2.75, 3.05) is 26.2 Å². The molecule has 3 rings (SSSR count). The van der Waals surface area contributed by atoms with E-state index < -0.39 is 0 Å². The van der Waals surface area contributed by atoms with Crippen molar-refractivity contribution in [2.24, 2.45) is 0 Å². The number of likely N-dealkylation sites (tertiary alicyclic amines) is 1. The number of ether oxygens (including phenoxy) is 1. The molecule has 1 aliphatic rings. The van der Waals surface area contributed by atoms with Crippen molar-refractivity contribution in [2.45, 2.75) is 38.6 Å². The van der Waals surface area contributed by atoms with Gasteiger partial charge in [0.2, 0.25) is 0 Å². The summed E-state index contributed by atoms with van der Waals surface area (Å²) in [5, 5.41) is 5.86. The number of nitrogens with one attached hydrogen (secondary N) is 1. The van der Waals surface area contributed by atoms with E-state index in [1.807, 2.05) is 13.0 Å². The smallest absolute Gasteiger partial charge is 0.258 e. The summed E-state index contributed by atoms with van der Waals surface area (Å²) < 4.78 is 5.61. The van der Waals surface area contributed by atoms with Gasteiger partial charge in [0.1, 0.15) is 5.75 Å². The van der Waals surface area contributed by atoms with Crippen LogP contribution in [0.2, 0.25) is 5.02 Å². The minimum absolute atomic E-state index is 0.0121. The van der Waals surface area contributed by atoms with Crippen molar-refractivity contribution in [3.05, 3.63) is 51.2 Å². The third-order valence-electron chi connectivity index (χ3n) is 4.94. The molecule has 1 amide bonds. The average Bonchev–Trinajstić information content (AvgIpc) is 3.06. The maximum absolute atomic E-state index is 12.3. The van der Waals surface area contributed by atoms with E-state index >= 15 is 0 Å². The summed E-state index contributed by atoms with van der Waals surface area (Å²) in [6.07, 6.45) is 5.06. The maximum Gasteiger partial charge on any atom is 0.258 e. The van der Waals surface area contributed by atoms with Crippen molar-refractivity contribution in [1.29, 1.82) is 0 Å². The van der Waals surface area contributed by atoms with E-state index in [4.69, 9.17) is 16.3 Å². The molecule has 1 fully saturated rings. The predicted molar refractivity (Wildman–Crippen MR) is 112 cm³/mol. The van der Waals surface area contributed by atoms with Crippen LogP contribution in [0.1, 0.15) is 42.2 Å². The molecule has 6 heteroatoms. The van der Waals surface area contributed by atoms with E-state index in [9.17, 15) is 4.79 Å². The number of halogens is 1. The number of nitrogens with zero attached hydrogens (tertiary/aromatic N) is 1. The standard InChI is InChI=1S/C21H27ClN2O2S/c1-16-13-17(8-9-18(16)22)26-15-21(25)23-14-19(20-7-6-12-27-20)24-10-4-2-3-5-11-24/h6-9,12-13,19H,2-5,10-11,14-15H2,1H3,(H,23,25)/t19-/m0/s1. The Morgan fingerprint density at radius 2 is 2.04 bits per heavy atom. The van der Waals surface area contributed by atoms with Gasteiger partial charge in [0.15, 0.2) is 6.61 Å². The second kappa shape index (κ2) is 10.1. The van der Waals surface area contributed by atoms with Gasteiger partial charge in [-0.15, -0.1) is 11.3 Å². The average molecular weight is 407 g/mol. The number of carbonyl (C=O) groups is 1. The lowest BCUT2D eigenvalue weighted by molar-refractivity contribution is -0.123. The molecule has 0 radical (unpaired) electrons. The van der Waals surface area contributed by atoms with Gasteiger partial charge in [0, 0.05) is 16.4 Å². The highest BCUT2D eigenvalue weighted by Crippen LogP contribution is 2.27. The first-order chi connectivity index (χ1) is 13.1. The summed E-state index contributed by atoms with van der Waals surface area (Å²) in [6, 6.07) is 9.91. The highest BCUT2D eigenvalue weighted by Gasteiger charge is 2.23. The van der Waals surface area contributed by atoms with Gasteiger partial charge in [-0.05, 0) is 68.1 Å². The second-order valence-corrected chi connectivity index (χ2v) is 8.37.